The van der Waals surface area contributed by atoms with Crippen LogP contribution < -0.4 is 11.5 Å². The zero-order valence-corrected chi connectivity index (χ0v) is 13.0. The molecule has 116 valence electrons. The van der Waals surface area contributed by atoms with E-state index in [1.807, 2.05) is 5.38 Å². The predicted octanol–water partition coefficient (Wildman–Crippen LogP) is 2.69. The number of aliphatic imine (C=N–C) groups is 1. The molecular weight excluding hydrogens is 301 g/mol. The lowest BCUT2D eigenvalue weighted by molar-refractivity contribution is 0.611. The van der Waals surface area contributed by atoms with Crippen LogP contribution >= 0.6 is 11.3 Å². The number of nitrogens with two attached hydrogens (primary N) is 2. The molecular formula is C15H18FN5S. The highest BCUT2D eigenvalue weighted by Gasteiger charge is 2.05. The molecule has 1 aromatic heterocycles. The molecule has 22 heavy (non-hydrogen) atoms. The van der Waals surface area contributed by atoms with E-state index in [1.54, 1.807) is 37.4 Å². The topological polar surface area (TPSA) is 101 Å². The van der Waals surface area contributed by atoms with Gasteiger partial charge in [-0.15, -0.1) is 11.3 Å². The van der Waals surface area contributed by atoms with Crippen LogP contribution in [0.1, 0.15) is 17.5 Å². The first-order chi connectivity index (χ1) is 10.6. The Labute approximate surface area is 132 Å². The van der Waals surface area contributed by atoms with E-state index in [0.29, 0.717) is 17.0 Å². The Balaban J connectivity index is 0.000000745. The molecule has 0 spiro atoms. The lowest BCUT2D eigenvalue weighted by Crippen LogP contribution is -2.02. The van der Waals surface area contributed by atoms with Gasteiger partial charge in [0, 0.05) is 22.8 Å². The van der Waals surface area contributed by atoms with Crippen molar-refractivity contribution >= 4 is 23.4 Å². The van der Waals surface area contributed by atoms with E-state index < -0.39 is 0 Å². The van der Waals surface area contributed by atoms with Crippen molar-refractivity contribution in [2.75, 3.05) is 0 Å². The van der Waals surface area contributed by atoms with E-state index in [4.69, 9.17) is 11.1 Å². The lowest BCUT2D eigenvalue weighted by Gasteiger charge is -2.01. The van der Waals surface area contributed by atoms with Crippen molar-refractivity contribution < 1.29 is 4.39 Å². The maximum Gasteiger partial charge on any atom is 0.141 e. The third-order valence-electron chi connectivity index (χ3n) is 2.39. The highest BCUT2D eigenvalue weighted by Crippen LogP contribution is 2.12. The Morgan fingerprint density at radius 3 is 2.68 bits per heavy atom. The van der Waals surface area contributed by atoms with Crippen molar-refractivity contribution in [2.24, 2.45) is 16.5 Å². The van der Waals surface area contributed by atoms with Crippen LogP contribution in [0.4, 0.5) is 4.39 Å². The Kier molecular flexibility index (Phi) is 7.49. The Morgan fingerprint density at radius 1 is 1.45 bits per heavy atom. The fourth-order valence-electron chi connectivity index (χ4n) is 1.54. The molecule has 0 aliphatic heterocycles. The van der Waals surface area contributed by atoms with Crippen LogP contribution in [-0.4, -0.2) is 17.0 Å². The fourth-order valence-corrected chi connectivity index (χ4v) is 2.15. The number of thiazole rings is 1. The SMILES string of the molecule is C/C(N)=C/C(=NCc1ccccc1F)c1nccs1.N=CN. The van der Waals surface area contributed by atoms with Crippen LogP contribution in [0, 0.1) is 11.2 Å². The van der Waals surface area contributed by atoms with Crippen molar-refractivity contribution in [1.82, 2.24) is 4.98 Å². The maximum atomic E-state index is 13.5. The van der Waals surface area contributed by atoms with E-state index in [1.165, 1.54) is 17.4 Å². The van der Waals surface area contributed by atoms with E-state index in [0.717, 1.165) is 11.3 Å². The third kappa shape index (κ3) is 5.84. The number of nitrogens with one attached hydrogen (secondary N) is 1. The van der Waals surface area contributed by atoms with Crippen molar-refractivity contribution in [3.8, 4) is 0 Å². The smallest absolute Gasteiger partial charge is 0.141 e. The molecule has 0 aliphatic carbocycles. The summed E-state index contributed by atoms with van der Waals surface area (Å²) in [5.74, 6) is -0.252. The van der Waals surface area contributed by atoms with Gasteiger partial charge in [-0.3, -0.25) is 10.4 Å². The number of benzene rings is 1. The summed E-state index contributed by atoms with van der Waals surface area (Å²) >= 11 is 1.48. The van der Waals surface area contributed by atoms with Gasteiger partial charge in [0.15, 0.2) is 0 Å². The molecule has 0 saturated heterocycles. The van der Waals surface area contributed by atoms with Crippen LogP contribution in [0.15, 0.2) is 52.6 Å². The van der Waals surface area contributed by atoms with Gasteiger partial charge in [0.1, 0.15) is 10.8 Å². The van der Waals surface area contributed by atoms with Gasteiger partial charge in [0.25, 0.3) is 0 Å². The molecule has 1 heterocycles. The van der Waals surface area contributed by atoms with Gasteiger partial charge in [0.05, 0.1) is 18.6 Å². The summed E-state index contributed by atoms with van der Waals surface area (Å²) in [6, 6.07) is 6.60. The van der Waals surface area contributed by atoms with Gasteiger partial charge >= 0.3 is 0 Å². The first-order valence-corrected chi connectivity index (χ1v) is 7.28. The zero-order chi connectivity index (χ0) is 16.4. The van der Waals surface area contributed by atoms with E-state index in [9.17, 15) is 4.39 Å². The molecule has 0 saturated carbocycles. The van der Waals surface area contributed by atoms with Crippen LogP contribution in [0.3, 0.4) is 0 Å². The van der Waals surface area contributed by atoms with E-state index in [-0.39, 0.29) is 12.4 Å². The summed E-state index contributed by atoms with van der Waals surface area (Å²) in [7, 11) is 0. The molecule has 7 heteroatoms. The molecule has 2 rings (SSSR count). The van der Waals surface area contributed by atoms with Gasteiger partial charge in [-0.1, -0.05) is 18.2 Å². The average molecular weight is 319 g/mol. The normalized spacial score (nSPS) is 11.5. The average Bonchev–Trinajstić information content (AvgIpc) is 2.99. The van der Waals surface area contributed by atoms with E-state index >= 15 is 0 Å². The summed E-state index contributed by atoms with van der Waals surface area (Å²) < 4.78 is 13.5. The number of halogens is 1. The molecule has 0 atom stereocenters. The largest absolute Gasteiger partial charge is 0.402 e. The standard InChI is InChI=1S/C14H14FN3S.CH4N2/c1-10(16)8-13(14-17-6-7-19-14)18-9-11-4-2-3-5-12(11)15;2-1-3/h2-8H,9,16H2,1H3;1H,(H3,2,3)/b10-8-,18-13?;. The predicted molar refractivity (Wildman–Crippen MR) is 89.7 cm³/mol. The molecule has 1 aromatic carbocycles. The van der Waals surface area contributed by atoms with Crippen molar-refractivity contribution in [3.63, 3.8) is 0 Å². The zero-order valence-electron chi connectivity index (χ0n) is 12.2. The van der Waals surface area contributed by atoms with Gasteiger partial charge in [-0.2, -0.15) is 0 Å². The van der Waals surface area contributed by atoms with Gasteiger partial charge in [-0.25, -0.2) is 9.37 Å². The molecule has 0 bridgehead atoms. The molecule has 0 unspecified atom stereocenters. The Bertz CT molecular complexity index is 646. The van der Waals surface area contributed by atoms with Crippen LogP contribution in [0.2, 0.25) is 0 Å². The lowest BCUT2D eigenvalue weighted by atomic mass is 10.2. The number of nitrogens with zero attached hydrogens (tertiary/aromatic N) is 2. The number of aromatic nitrogens is 1. The van der Waals surface area contributed by atoms with Crippen molar-refractivity contribution in [3.05, 3.63) is 64.0 Å². The highest BCUT2D eigenvalue weighted by atomic mass is 32.1. The molecule has 5 nitrogen and oxygen atoms in total. The molecule has 5 N–H and O–H groups in total. The third-order valence-corrected chi connectivity index (χ3v) is 3.19. The second kappa shape index (κ2) is 9.41. The number of hydrogen-bond donors (Lipinski definition) is 3. The number of hydrogen-bond acceptors (Lipinski definition) is 5. The fraction of sp³-hybridized carbons (Fsp3) is 0.133. The van der Waals surface area contributed by atoms with Crippen LogP contribution in [-0.2, 0) is 6.54 Å². The minimum atomic E-state index is -0.252. The summed E-state index contributed by atoms with van der Waals surface area (Å²) in [6.45, 7) is 2.05. The highest BCUT2D eigenvalue weighted by molar-refractivity contribution is 7.11. The first-order valence-electron chi connectivity index (χ1n) is 6.40. The minimum Gasteiger partial charge on any atom is -0.402 e. The monoisotopic (exact) mass is 319 g/mol. The van der Waals surface area contributed by atoms with Crippen molar-refractivity contribution in [1.29, 1.82) is 5.41 Å². The molecule has 0 radical (unpaired) electrons. The number of allylic oxidation sites excluding steroid dienone is 2. The Morgan fingerprint density at radius 2 is 2.14 bits per heavy atom. The van der Waals surface area contributed by atoms with Crippen LogP contribution in [0.5, 0.6) is 0 Å². The summed E-state index contributed by atoms with van der Waals surface area (Å²) in [5.41, 5.74) is 11.9. The molecule has 0 aliphatic rings. The second-order valence-corrected chi connectivity index (χ2v) is 5.08. The van der Waals surface area contributed by atoms with Gasteiger partial charge in [-0.05, 0) is 19.1 Å². The first kappa shape index (κ1) is 17.5. The molecule has 2 aromatic rings. The van der Waals surface area contributed by atoms with Gasteiger partial charge < -0.3 is 11.5 Å². The maximum absolute atomic E-state index is 13.5. The Hall–Kier alpha value is -2.54. The summed E-state index contributed by atoms with van der Waals surface area (Å²) in [5, 5.41) is 8.51. The second-order valence-electron chi connectivity index (χ2n) is 4.19. The van der Waals surface area contributed by atoms with E-state index in [2.05, 4.69) is 15.7 Å². The summed E-state index contributed by atoms with van der Waals surface area (Å²) in [6.07, 6.45) is 4.21. The summed E-state index contributed by atoms with van der Waals surface area (Å²) in [4.78, 5) is 8.60. The van der Waals surface area contributed by atoms with Crippen molar-refractivity contribution in [2.45, 2.75) is 13.5 Å². The molecule has 0 amide bonds. The minimum absolute atomic E-state index is 0.252. The molecule has 0 fully saturated rings. The van der Waals surface area contributed by atoms with Crippen LogP contribution in [0.25, 0.3) is 0 Å². The quantitative estimate of drug-likeness (QED) is 0.596. The number of rotatable bonds is 4. The van der Waals surface area contributed by atoms with Gasteiger partial charge in [0.2, 0.25) is 0 Å².